The number of piperazine rings is 1. The van der Waals surface area contributed by atoms with E-state index in [1.807, 2.05) is 0 Å². The molecular formula is C15H33N3. The molecule has 18 heavy (non-hydrogen) atoms. The molecule has 1 saturated heterocycles. The maximum absolute atomic E-state index is 3.39. The van der Waals surface area contributed by atoms with E-state index in [0.29, 0.717) is 11.5 Å². The van der Waals surface area contributed by atoms with E-state index in [0.717, 1.165) is 5.92 Å². The summed E-state index contributed by atoms with van der Waals surface area (Å²) in [5, 5.41) is 3.39. The van der Waals surface area contributed by atoms with Crippen LogP contribution in [0.25, 0.3) is 0 Å². The lowest BCUT2D eigenvalue weighted by atomic mass is 9.84. The van der Waals surface area contributed by atoms with E-state index in [2.05, 4.69) is 56.8 Å². The fourth-order valence-electron chi connectivity index (χ4n) is 2.75. The lowest BCUT2D eigenvalue weighted by molar-refractivity contribution is 0.0793. The van der Waals surface area contributed by atoms with Crippen molar-refractivity contribution in [3.8, 4) is 0 Å². The lowest BCUT2D eigenvalue weighted by Crippen LogP contribution is -2.52. The molecule has 0 aromatic carbocycles. The number of nitrogens with zero attached hydrogens (tertiary/aromatic N) is 2. The van der Waals surface area contributed by atoms with Crippen LogP contribution in [0.15, 0.2) is 0 Å². The summed E-state index contributed by atoms with van der Waals surface area (Å²) >= 11 is 0. The lowest BCUT2D eigenvalue weighted by Gasteiger charge is -2.41. The zero-order valence-corrected chi connectivity index (χ0v) is 13.3. The molecule has 0 aromatic rings. The van der Waals surface area contributed by atoms with Gasteiger partial charge in [-0.25, -0.2) is 0 Å². The van der Waals surface area contributed by atoms with Crippen LogP contribution in [0.1, 0.15) is 34.6 Å². The van der Waals surface area contributed by atoms with Crippen molar-refractivity contribution in [1.29, 1.82) is 0 Å². The van der Waals surface area contributed by atoms with Gasteiger partial charge in [-0.2, -0.15) is 0 Å². The van der Waals surface area contributed by atoms with Crippen LogP contribution in [0, 0.1) is 11.3 Å². The Bertz CT molecular complexity index is 230. The molecule has 1 rings (SSSR count). The number of rotatable bonds is 6. The second-order valence-corrected chi connectivity index (χ2v) is 6.97. The van der Waals surface area contributed by atoms with Crippen molar-refractivity contribution >= 4 is 0 Å². The fraction of sp³-hybridized carbons (Fsp3) is 1.00. The summed E-state index contributed by atoms with van der Waals surface area (Å²) in [6.45, 7) is 19.0. The van der Waals surface area contributed by atoms with E-state index < -0.39 is 0 Å². The topological polar surface area (TPSA) is 18.5 Å². The monoisotopic (exact) mass is 255 g/mol. The van der Waals surface area contributed by atoms with Gasteiger partial charge in [-0.1, -0.05) is 27.7 Å². The predicted octanol–water partition coefficient (Wildman–Crippen LogP) is 1.89. The Morgan fingerprint density at radius 1 is 1.00 bits per heavy atom. The first-order chi connectivity index (χ1) is 8.35. The van der Waals surface area contributed by atoms with Gasteiger partial charge < -0.3 is 15.1 Å². The molecule has 0 spiro atoms. The maximum atomic E-state index is 3.39. The molecule has 3 nitrogen and oxygen atoms in total. The minimum Gasteiger partial charge on any atom is -0.317 e. The van der Waals surface area contributed by atoms with Crippen molar-refractivity contribution in [2.75, 3.05) is 46.3 Å². The van der Waals surface area contributed by atoms with Crippen molar-refractivity contribution in [1.82, 2.24) is 15.1 Å². The zero-order valence-electron chi connectivity index (χ0n) is 13.3. The molecule has 0 aromatic heterocycles. The Morgan fingerprint density at radius 3 is 1.94 bits per heavy atom. The first-order valence-electron chi connectivity index (χ1n) is 7.47. The Balaban J connectivity index is 2.35. The average Bonchev–Trinajstić information content (AvgIpc) is 2.29. The van der Waals surface area contributed by atoms with Crippen LogP contribution in [-0.4, -0.2) is 62.2 Å². The van der Waals surface area contributed by atoms with Crippen molar-refractivity contribution in [3.05, 3.63) is 0 Å². The Kier molecular flexibility index (Phi) is 6.09. The molecular weight excluding hydrogens is 222 g/mol. The van der Waals surface area contributed by atoms with Gasteiger partial charge in [-0.05, 0) is 25.3 Å². The van der Waals surface area contributed by atoms with Crippen molar-refractivity contribution in [3.63, 3.8) is 0 Å². The third-order valence-corrected chi connectivity index (χ3v) is 4.32. The van der Waals surface area contributed by atoms with Gasteiger partial charge in [0.05, 0.1) is 0 Å². The molecule has 1 heterocycles. The highest BCUT2D eigenvalue weighted by molar-refractivity contribution is 4.85. The van der Waals surface area contributed by atoms with Crippen LogP contribution in [0.3, 0.4) is 0 Å². The van der Waals surface area contributed by atoms with Gasteiger partial charge in [-0.3, -0.25) is 0 Å². The summed E-state index contributed by atoms with van der Waals surface area (Å²) in [5.41, 5.74) is 0.342. The third kappa shape index (κ3) is 4.87. The summed E-state index contributed by atoms with van der Waals surface area (Å²) in [4.78, 5) is 5.24. The quantitative estimate of drug-likeness (QED) is 0.782. The first kappa shape index (κ1) is 15.9. The molecule has 1 fully saturated rings. The third-order valence-electron chi connectivity index (χ3n) is 4.32. The second-order valence-electron chi connectivity index (χ2n) is 6.97. The molecule has 1 unspecified atom stereocenters. The van der Waals surface area contributed by atoms with Gasteiger partial charge in [0, 0.05) is 45.3 Å². The molecule has 0 bridgehead atoms. The number of hydrogen-bond donors (Lipinski definition) is 1. The number of hydrogen-bond acceptors (Lipinski definition) is 3. The van der Waals surface area contributed by atoms with Gasteiger partial charge in [0.15, 0.2) is 0 Å². The van der Waals surface area contributed by atoms with Crippen LogP contribution in [0.5, 0.6) is 0 Å². The summed E-state index contributed by atoms with van der Waals surface area (Å²) in [5.74, 6) is 0.789. The standard InChI is InChI=1S/C15H33N3/c1-13(2)11-17-7-9-18(10-8-17)12-15(4,5)14(3)16-6/h13-14,16H,7-12H2,1-6H3. The summed E-state index contributed by atoms with van der Waals surface area (Å²) in [7, 11) is 2.06. The van der Waals surface area contributed by atoms with Crippen LogP contribution in [0.2, 0.25) is 0 Å². The largest absolute Gasteiger partial charge is 0.317 e. The molecule has 1 atom stereocenters. The minimum atomic E-state index is 0.342. The van der Waals surface area contributed by atoms with Crippen molar-refractivity contribution in [2.24, 2.45) is 11.3 Å². The average molecular weight is 255 g/mol. The Hall–Kier alpha value is -0.120. The van der Waals surface area contributed by atoms with E-state index in [1.54, 1.807) is 0 Å². The molecule has 0 saturated carbocycles. The van der Waals surface area contributed by atoms with Gasteiger partial charge >= 0.3 is 0 Å². The van der Waals surface area contributed by atoms with Gasteiger partial charge in [-0.15, -0.1) is 0 Å². The molecule has 0 amide bonds. The van der Waals surface area contributed by atoms with Gasteiger partial charge in [0.25, 0.3) is 0 Å². The highest BCUT2D eigenvalue weighted by Crippen LogP contribution is 2.22. The normalized spacial score (nSPS) is 21.5. The highest BCUT2D eigenvalue weighted by Gasteiger charge is 2.28. The molecule has 0 radical (unpaired) electrons. The number of nitrogens with one attached hydrogen (secondary N) is 1. The zero-order chi connectivity index (χ0) is 13.8. The minimum absolute atomic E-state index is 0.342. The van der Waals surface area contributed by atoms with Crippen LogP contribution in [-0.2, 0) is 0 Å². The fourth-order valence-corrected chi connectivity index (χ4v) is 2.75. The summed E-state index contributed by atoms with van der Waals surface area (Å²) < 4.78 is 0. The summed E-state index contributed by atoms with van der Waals surface area (Å²) in [6, 6.07) is 0.561. The van der Waals surface area contributed by atoms with Crippen LogP contribution < -0.4 is 5.32 Å². The molecule has 1 aliphatic heterocycles. The molecule has 0 aliphatic carbocycles. The molecule has 3 heteroatoms. The first-order valence-corrected chi connectivity index (χ1v) is 7.47. The van der Waals surface area contributed by atoms with E-state index in [9.17, 15) is 0 Å². The Labute approximate surface area is 114 Å². The van der Waals surface area contributed by atoms with Crippen LogP contribution in [0.4, 0.5) is 0 Å². The maximum Gasteiger partial charge on any atom is 0.0110 e. The van der Waals surface area contributed by atoms with E-state index in [-0.39, 0.29) is 0 Å². The van der Waals surface area contributed by atoms with E-state index >= 15 is 0 Å². The second kappa shape index (κ2) is 6.88. The van der Waals surface area contributed by atoms with Crippen molar-refractivity contribution < 1.29 is 0 Å². The van der Waals surface area contributed by atoms with Crippen molar-refractivity contribution in [2.45, 2.75) is 40.7 Å². The molecule has 1 N–H and O–H groups in total. The van der Waals surface area contributed by atoms with E-state index in [1.165, 1.54) is 39.3 Å². The molecule has 108 valence electrons. The smallest absolute Gasteiger partial charge is 0.0110 e. The SMILES string of the molecule is CNC(C)C(C)(C)CN1CCN(CC(C)C)CC1. The summed E-state index contributed by atoms with van der Waals surface area (Å²) in [6.07, 6.45) is 0. The van der Waals surface area contributed by atoms with Crippen LogP contribution >= 0.6 is 0 Å². The predicted molar refractivity (Wildman–Crippen MR) is 80.0 cm³/mol. The molecule has 1 aliphatic rings. The van der Waals surface area contributed by atoms with Gasteiger partial charge in [0.2, 0.25) is 0 Å². The highest BCUT2D eigenvalue weighted by atomic mass is 15.3. The Morgan fingerprint density at radius 2 is 1.50 bits per heavy atom. The van der Waals surface area contributed by atoms with E-state index in [4.69, 9.17) is 0 Å². The van der Waals surface area contributed by atoms with Gasteiger partial charge in [0.1, 0.15) is 0 Å².